The molecule has 0 spiro atoms. The zero-order valence-electron chi connectivity index (χ0n) is 32.8. The zero-order chi connectivity index (χ0) is 40.0. The molecule has 0 aliphatic carbocycles. The Balaban J connectivity index is 0.977. The van der Waals surface area contributed by atoms with Gasteiger partial charge in [0.15, 0.2) is 5.82 Å². The van der Waals surface area contributed by atoms with Gasteiger partial charge in [-0.3, -0.25) is 0 Å². The highest BCUT2D eigenvalue weighted by Crippen LogP contribution is 2.41. The average molecular weight is 779 g/mol. The zero-order valence-corrected chi connectivity index (χ0v) is 32.8. The Morgan fingerprint density at radius 1 is 0.344 bits per heavy atom. The normalized spacial score (nSPS) is 11.9. The first-order valence-electron chi connectivity index (χ1n) is 20.7. The molecule has 61 heavy (non-hydrogen) atoms. The fourth-order valence-electron chi connectivity index (χ4n) is 9.59. The Labute approximate surface area is 350 Å². The summed E-state index contributed by atoms with van der Waals surface area (Å²) in [6.07, 6.45) is 0. The van der Waals surface area contributed by atoms with Gasteiger partial charge in [0.1, 0.15) is 11.2 Å². The third kappa shape index (κ3) is 5.14. The van der Waals surface area contributed by atoms with Gasteiger partial charge < -0.3 is 13.6 Å². The van der Waals surface area contributed by atoms with Crippen LogP contribution in [0.4, 0.5) is 0 Å². The second-order valence-corrected chi connectivity index (χ2v) is 15.7. The molecule has 5 nitrogen and oxygen atoms in total. The number of hydrogen-bond acceptors (Lipinski definition) is 3. The van der Waals surface area contributed by atoms with E-state index in [2.05, 4.69) is 185 Å². The first-order chi connectivity index (χ1) is 30.2. The SMILES string of the molecule is c1ccc(-c2nc(-c3cccc4oc5ccc(-n6c7ccccc7c7cc(-c8ccc9c(c8)c8ccccc8n9-c8ccccc8)ccc76)cc5c34)nc3ccccc23)cc1. The van der Waals surface area contributed by atoms with Gasteiger partial charge in [-0.15, -0.1) is 0 Å². The van der Waals surface area contributed by atoms with Crippen LogP contribution in [0.5, 0.6) is 0 Å². The molecule has 0 aliphatic rings. The quantitative estimate of drug-likeness (QED) is 0.175. The maximum absolute atomic E-state index is 6.55. The Morgan fingerprint density at radius 2 is 0.934 bits per heavy atom. The van der Waals surface area contributed by atoms with Gasteiger partial charge in [-0.25, -0.2) is 9.97 Å². The minimum atomic E-state index is 0.670. The lowest BCUT2D eigenvalue weighted by atomic mass is 10.0. The molecule has 9 aromatic carbocycles. The van der Waals surface area contributed by atoms with Crippen molar-refractivity contribution in [1.82, 2.24) is 19.1 Å². The minimum absolute atomic E-state index is 0.670. The molecule has 13 rings (SSSR count). The number of benzene rings is 9. The fraction of sp³-hybridized carbons (Fsp3) is 0. The van der Waals surface area contributed by atoms with Crippen molar-refractivity contribution in [3.63, 3.8) is 0 Å². The molecule has 0 amide bonds. The Bertz CT molecular complexity index is 3880. The van der Waals surface area contributed by atoms with Crippen LogP contribution in [0, 0.1) is 0 Å². The predicted octanol–water partition coefficient (Wildman–Crippen LogP) is 14.7. The van der Waals surface area contributed by atoms with E-state index in [0.717, 1.165) is 72.1 Å². The van der Waals surface area contributed by atoms with Gasteiger partial charge in [0, 0.05) is 60.2 Å². The van der Waals surface area contributed by atoms with E-state index in [-0.39, 0.29) is 0 Å². The standard InChI is InChI=1S/C56H34N4O/c1-3-14-35(15-4-1)55-42-20-7-10-22-47(42)57-56(58-55)43-21-13-25-53-54(43)46-34-39(28-31-52(46)61-53)60-49-24-12-9-19-41(49)45-33-37(27-30-51(45)60)36-26-29-50-44(32-36)40-18-8-11-23-48(40)59(50)38-16-5-2-6-17-38/h1-34H. The van der Waals surface area contributed by atoms with Crippen LogP contribution in [-0.4, -0.2) is 19.1 Å². The molecule has 5 heteroatoms. The first-order valence-corrected chi connectivity index (χ1v) is 20.7. The van der Waals surface area contributed by atoms with E-state index in [1.807, 2.05) is 30.3 Å². The number of rotatable bonds is 5. The van der Waals surface area contributed by atoms with Crippen molar-refractivity contribution in [2.75, 3.05) is 0 Å². The van der Waals surface area contributed by atoms with Crippen molar-refractivity contribution >= 4 is 76.5 Å². The molecule has 13 aromatic rings. The highest BCUT2D eigenvalue weighted by molar-refractivity contribution is 6.15. The summed E-state index contributed by atoms with van der Waals surface area (Å²) < 4.78 is 11.3. The Kier molecular flexibility index (Phi) is 7.24. The number of fused-ring (bicyclic) bond motifs is 10. The lowest BCUT2D eigenvalue weighted by Crippen LogP contribution is -1.96. The van der Waals surface area contributed by atoms with Crippen molar-refractivity contribution < 1.29 is 4.42 Å². The second kappa shape index (κ2) is 13.1. The number of aromatic nitrogens is 4. The predicted molar refractivity (Wildman–Crippen MR) is 252 cm³/mol. The average Bonchev–Trinajstić information content (AvgIpc) is 3.99. The highest BCUT2D eigenvalue weighted by Gasteiger charge is 2.20. The van der Waals surface area contributed by atoms with E-state index < -0.39 is 0 Å². The van der Waals surface area contributed by atoms with E-state index >= 15 is 0 Å². The summed E-state index contributed by atoms with van der Waals surface area (Å²) in [6, 6.07) is 73.2. The number of hydrogen-bond donors (Lipinski definition) is 0. The smallest absolute Gasteiger partial charge is 0.161 e. The van der Waals surface area contributed by atoms with Crippen molar-refractivity contribution in [2.24, 2.45) is 0 Å². The van der Waals surface area contributed by atoms with Gasteiger partial charge in [0.25, 0.3) is 0 Å². The van der Waals surface area contributed by atoms with E-state index in [1.54, 1.807) is 0 Å². The van der Waals surface area contributed by atoms with Crippen molar-refractivity contribution in [3.05, 3.63) is 206 Å². The van der Waals surface area contributed by atoms with Crippen LogP contribution in [0.25, 0.3) is 122 Å². The summed E-state index contributed by atoms with van der Waals surface area (Å²) in [7, 11) is 0. The third-order valence-electron chi connectivity index (χ3n) is 12.3. The highest BCUT2D eigenvalue weighted by atomic mass is 16.3. The van der Waals surface area contributed by atoms with Crippen LogP contribution in [0.15, 0.2) is 211 Å². The van der Waals surface area contributed by atoms with Crippen molar-refractivity contribution in [3.8, 4) is 45.1 Å². The first kappa shape index (κ1) is 33.7. The molecule has 284 valence electrons. The van der Waals surface area contributed by atoms with E-state index in [1.165, 1.54) is 43.7 Å². The molecule has 0 saturated heterocycles. The molecule has 4 aromatic heterocycles. The van der Waals surface area contributed by atoms with E-state index in [9.17, 15) is 0 Å². The Hall–Kier alpha value is -8.28. The van der Waals surface area contributed by atoms with Crippen LogP contribution < -0.4 is 0 Å². The Morgan fingerprint density at radius 3 is 1.64 bits per heavy atom. The number of nitrogens with zero attached hydrogens (tertiary/aromatic N) is 4. The fourth-order valence-corrected chi connectivity index (χ4v) is 9.59. The van der Waals surface area contributed by atoms with Crippen LogP contribution in [0.3, 0.4) is 0 Å². The third-order valence-corrected chi connectivity index (χ3v) is 12.3. The van der Waals surface area contributed by atoms with Crippen molar-refractivity contribution in [2.45, 2.75) is 0 Å². The molecule has 0 N–H and O–H groups in total. The molecule has 0 fully saturated rings. The molecular formula is C56H34N4O. The molecule has 0 radical (unpaired) electrons. The van der Waals surface area contributed by atoms with Gasteiger partial charge in [-0.2, -0.15) is 0 Å². The summed E-state index contributed by atoms with van der Waals surface area (Å²) in [5, 5.41) is 7.94. The topological polar surface area (TPSA) is 48.8 Å². The maximum atomic E-state index is 6.55. The van der Waals surface area contributed by atoms with Gasteiger partial charge >= 0.3 is 0 Å². The molecule has 0 saturated carbocycles. The van der Waals surface area contributed by atoms with Crippen molar-refractivity contribution in [1.29, 1.82) is 0 Å². The minimum Gasteiger partial charge on any atom is -0.456 e. The lowest BCUT2D eigenvalue weighted by molar-refractivity contribution is 0.669. The largest absolute Gasteiger partial charge is 0.456 e. The summed E-state index contributed by atoms with van der Waals surface area (Å²) >= 11 is 0. The molecule has 0 atom stereocenters. The van der Waals surface area contributed by atoms with Crippen LogP contribution >= 0.6 is 0 Å². The number of para-hydroxylation sites is 4. The molecule has 0 unspecified atom stereocenters. The summed E-state index contributed by atoms with van der Waals surface area (Å²) in [6.45, 7) is 0. The second-order valence-electron chi connectivity index (χ2n) is 15.7. The molecule has 0 bridgehead atoms. The summed E-state index contributed by atoms with van der Waals surface area (Å²) in [4.78, 5) is 10.4. The maximum Gasteiger partial charge on any atom is 0.161 e. The van der Waals surface area contributed by atoms with E-state index in [0.29, 0.717) is 5.82 Å². The molecular weight excluding hydrogens is 745 g/mol. The van der Waals surface area contributed by atoms with Gasteiger partial charge in [0.2, 0.25) is 0 Å². The van der Waals surface area contributed by atoms with E-state index in [4.69, 9.17) is 14.4 Å². The van der Waals surface area contributed by atoms with Gasteiger partial charge in [-0.05, 0) is 90.0 Å². The van der Waals surface area contributed by atoms with Crippen LogP contribution in [-0.2, 0) is 0 Å². The van der Waals surface area contributed by atoms with Crippen LogP contribution in [0.1, 0.15) is 0 Å². The van der Waals surface area contributed by atoms with Gasteiger partial charge in [-0.1, -0.05) is 127 Å². The molecule has 4 heterocycles. The molecule has 0 aliphatic heterocycles. The summed E-state index contributed by atoms with van der Waals surface area (Å²) in [5.41, 5.74) is 14.7. The lowest BCUT2D eigenvalue weighted by Gasteiger charge is -2.11. The van der Waals surface area contributed by atoms with Crippen LogP contribution in [0.2, 0.25) is 0 Å². The summed E-state index contributed by atoms with van der Waals surface area (Å²) in [5.74, 6) is 0.670. The monoisotopic (exact) mass is 778 g/mol. The number of furan rings is 1. The van der Waals surface area contributed by atoms with Gasteiger partial charge in [0.05, 0.1) is 33.3 Å².